The second-order valence-corrected chi connectivity index (χ2v) is 4.82. The van der Waals surface area contributed by atoms with E-state index < -0.39 is 0 Å². The van der Waals surface area contributed by atoms with Crippen LogP contribution in [0.2, 0.25) is 0 Å². The van der Waals surface area contributed by atoms with Gasteiger partial charge >= 0.3 is 0 Å². The Kier molecular flexibility index (Phi) is 3.30. The van der Waals surface area contributed by atoms with E-state index in [1.165, 1.54) is 23.3 Å². The van der Waals surface area contributed by atoms with Crippen molar-refractivity contribution in [1.29, 1.82) is 0 Å². The number of rotatable bonds is 3. The minimum Gasteiger partial charge on any atom is -0.392 e. The van der Waals surface area contributed by atoms with Crippen molar-refractivity contribution in [3.8, 4) is 0 Å². The maximum absolute atomic E-state index is 9.12. The van der Waals surface area contributed by atoms with Gasteiger partial charge in [0.2, 0.25) is 0 Å². The number of pyridine rings is 1. The summed E-state index contributed by atoms with van der Waals surface area (Å²) in [5.74, 6) is 0.768. The Morgan fingerprint density at radius 2 is 2.40 bits per heavy atom. The van der Waals surface area contributed by atoms with Gasteiger partial charge in [-0.3, -0.25) is 0 Å². The van der Waals surface area contributed by atoms with Crippen molar-refractivity contribution in [1.82, 2.24) is 14.3 Å². The van der Waals surface area contributed by atoms with Crippen molar-refractivity contribution in [3.05, 3.63) is 29.7 Å². The lowest BCUT2D eigenvalue weighted by Crippen LogP contribution is -1.89. The second-order valence-electron chi connectivity index (χ2n) is 2.84. The van der Waals surface area contributed by atoms with Crippen LogP contribution in [-0.2, 0) is 6.61 Å². The van der Waals surface area contributed by atoms with Crippen LogP contribution in [0, 0.1) is 6.92 Å². The average molecular weight is 239 g/mol. The van der Waals surface area contributed by atoms with Gasteiger partial charge in [-0.25, -0.2) is 9.97 Å². The van der Waals surface area contributed by atoms with Crippen LogP contribution in [0.1, 0.15) is 11.4 Å². The minimum atomic E-state index is -0.00599. The Morgan fingerprint density at radius 3 is 3.07 bits per heavy atom. The van der Waals surface area contributed by atoms with Crippen LogP contribution in [0.25, 0.3) is 0 Å². The van der Waals surface area contributed by atoms with E-state index in [9.17, 15) is 0 Å². The minimum absolute atomic E-state index is 0.00599. The molecule has 0 aliphatic carbocycles. The molecule has 1 N–H and O–H groups in total. The molecule has 0 unspecified atom stereocenters. The largest absolute Gasteiger partial charge is 0.392 e. The van der Waals surface area contributed by atoms with Crippen molar-refractivity contribution >= 4 is 23.3 Å². The number of aromatic nitrogens is 3. The summed E-state index contributed by atoms with van der Waals surface area (Å²) in [7, 11) is 0. The zero-order chi connectivity index (χ0) is 10.7. The molecule has 78 valence electrons. The van der Waals surface area contributed by atoms with Gasteiger partial charge in [0, 0.05) is 11.8 Å². The first kappa shape index (κ1) is 10.5. The predicted molar refractivity (Wildman–Crippen MR) is 58.9 cm³/mol. The molecule has 0 atom stereocenters. The summed E-state index contributed by atoms with van der Waals surface area (Å²) in [4.78, 5) is 8.43. The van der Waals surface area contributed by atoms with Crippen molar-refractivity contribution in [2.24, 2.45) is 0 Å². The van der Waals surface area contributed by atoms with E-state index in [1.54, 1.807) is 12.3 Å². The smallest absolute Gasteiger partial charge is 0.176 e. The van der Waals surface area contributed by atoms with Gasteiger partial charge in [-0.2, -0.15) is 4.37 Å². The highest BCUT2D eigenvalue weighted by molar-refractivity contribution is 8.00. The number of aliphatic hydroxyl groups excluding tert-OH is 1. The second kappa shape index (κ2) is 4.69. The van der Waals surface area contributed by atoms with Crippen molar-refractivity contribution < 1.29 is 5.11 Å². The van der Waals surface area contributed by atoms with Crippen LogP contribution < -0.4 is 0 Å². The van der Waals surface area contributed by atoms with Crippen molar-refractivity contribution in [2.45, 2.75) is 22.9 Å². The highest BCUT2D eigenvalue weighted by Gasteiger charge is 2.07. The van der Waals surface area contributed by atoms with Gasteiger partial charge in [-0.05, 0) is 36.3 Å². The monoisotopic (exact) mass is 239 g/mol. The van der Waals surface area contributed by atoms with Gasteiger partial charge in [0.1, 0.15) is 10.9 Å². The SMILES string of the molecule is Cc1nsc(Sc2ncccc2CO)n1. The molecule has 0 fully saturated rings. The molecule has 0 spiro atoms. The summed E-state index contributed by atoms with van der Waals surface area (Å²) < 4.78 is 4.94. The molecule has 0 saturated carbocycles. The van der Waals surface area contributed by atoms with Crippen LogP contribution in [0.5, 0.6) is 0 Å². The molecule has 0 aliphatic rings. The summed E-state index contributed by atoms with van der Waals surface area (Å²) in [6.07, 6.45) is 1.70. The van der Waals surface area contributed by atoms with Crippen molar-refractivity contribution in [3.63, 3.8) is 0 Å². The van der Waals surface area contributed by atoms with Gasteiger partial charge in [0.25, 0.3) is 0 Å². The normalized spacial score (nSPS) is 10.5. The third-order valence-electron chi connectivity index (χ3n) is 1.71. The number of hydrogen-bond acceptors (Lipinski definition) is 6. The standard InChI is InChI=1S/C9H9N3OS2/c1-6-11-9(15-12-6)14-8-7(5-13)3-2-4-10-8/h2-4,13H,5H2,1H3. The topological polar surface area (TPSA) is 58.9 Å². The fourth-order valence-electron chi connectivity index (χ4n) is 1.04. The molecule has 2 aromatic heterocycles. The molecule has 0 bridgehead atoms. The van der Waals surface area contributed by atoms with Gasteiger partial charge in [0.05, 0.1) is 6.61 Å². The first-order valence-electron chi connectivity index (χ1n) is 4.32. The molecule has 0 aliphatic heterocycles. The fourth-order valence-corrected chi connectivity index (χ4v) is 2.68. The van der Waals surface area contributed by atoms with E-state index >= 15 is 0 Å². The zero-order valence-corrected chi connectivity index (χ0v) is 9.68. The number of aliphatic hydroxyl groups is 1. The molecule has 0 radical (unpaired) electrons. The first-order chi connectivity index (χ1) is 7.29. The Morgan fingerprint density at radius 1 is 1.53 bits per heavy atom. The first-order valence-corrected chi connectivity index (χ1v) is 5.91. The number of hydrogen-bond donors (Lipinski definition) is 1. The maximum Gasteiger partial charge on any atom is 0.176 e. The van der Waals surface area contributed by atoms with Crippen LogP contribution >= 0.6 is 23.3 Å². The number of nitrogens with zero attached hydrogens (tertiary/aromatic N) is 3. The third-order valence-corrected chi connectivity index (χ3v) is 3.62. The molecular formula is C9H9N3OS2. The van der Waals surface area contributed by atoms with Crippen molar-refractivity contribution in [2.75, 3.05) is 0 Å². The quantitative estimate of drug-likeness (QED) is 0.886. The Hall–Kier alpha value is -0.980. The average Bonchev–Trinajstić information content (AvgIpc) is 2.65. The van der Waals surface area contributed by atoms with E-state index in [2.05, 4.69) is 14.3 Å². The van der Waals surface area contributed by atoms with E-state index in [4.69, 9.17) is 5.11 Å². The Bertz CT molecular complexity index is 458. The van der Waals surface area contributed by atoms with Crippen LogP contribution in [0.15, 0.2) is 27.7 Å². The highest BCUT2D eigenvalue weighted by Crippen LogP contribution is 2.29. The van der Waals surface area contributed by atoms with E-state index in [0.29, 0.717) is 0 Å². The molecule has 4 nitrogen and oxygen atoms in total. The summed E-state index contributed by atoms with van der Waals surface area (Å²) in [5, 5.41) is 9.90. The molecule has 15 heavy (non-hydrogen) atoms. The number of aryl methyl sites for hydroxylation is 1. The van der Waals surface area contributed by atoms with Gasteiger partial charge in [-0.15, -0.1) is 0 Å². The summed E-state index contributed by atoms with van der Waals surface area (Å²) in [6.45, 7) is 1.85. The molecule has 0 saturated heterocycles. The van der Waals surface area contributed by atoms with E-state index in [0.717, 1.165) is 20.8 Å². The lowest BCUT2D eigenvalue weighted by Gasteiger charge is -2.01. The van der Waals surface area contributed by atoms with Crippen LogP contribution in [0.3, 0.4) is 0 Å². The molecule has 2 aromatic rings. The molecule has 0 aromatic carbocycles. The maximum atomic E-state index is 9.12. The Balaban J connectivity index is 2.23. The lowest BCUT2D eigenvalue weighted by atomic mass is 10.3. The van der Waals surface area contributed by atoms with Crippen LogP contribution in [-0.4, -0.2) is 19.4 Å². The van der Waals surface area contributed by atoms with E-state index in [-0.39, 0.29) is 6.61 Å². The summed E-state index contributed by atoms with van der Waals surface area (Å²) in [5.41, 5.74) is 0.815. The van der Waals surface area contributed by atoms with Gasteiger partial charge in [0.15, 0.2) is 4.34 Å². The van der Waals surface area contributed by atoms with Gasteiger partial charge in [-0.1, -0.05) is 6.07 Å². The lowest BCUT2D eigenvalue weighted by molar-refractivity contribution is 0.278. The molecular weight excluding hydrogens is 230 g/mol. The fraction of sp³-hybridized carbons (Fsp3) is 0.222. The van der Waals surface area contributed by atoms with Gasteiger partial charge < -0.3 is 5.11 Å². The highest BCUT2D eigenvalue weighted by atomic mass is 32.2. The van der Waals surface area contributed by atoms with E-state index in [1.807, 2.05) is 13.0 Å². The zero-order valence-electron chi connectivity index (χ0n) is 8.04. The third kappa shape index (κ3) is 2.53. The predicted octanol–water partition coefficient (Wildman–Crippen LogP) is 1.89. The molecule has 2 heterocycles. The summed E-state index contributed by atoms with van der Waals surface area (Å²) in [6, 6.07) is 3.66. The summed E-state index contributed by atoms with van der Waals surface area (Å²) >= 11 is 2.78. The molecule has 2 rings (SSSR count). The Labute approximate surface area is 95.6 Å². The molecule has 6 heteroatoms. The molecule has 0 amide bonds. The van der Waals surface area contributed by atoms with Crippen LogP contribution in [0.4, 0.5) is 0 Å².